The first kappa shape index (κ1) is 17.8. The molecular formula is C17H19NO5S. The van der Waals surface area contributed by atoms with Crippen LogP contribution in [0.1, 0.15) is 15.2 Å². The lowest BCUT2D eigenvalue weighted by Crippen LogP contribution is -2.30. The first-order valence-electron chi connectivity index (χ1n) is 7.20. The van der Waals surface area contributed by atoms with Crippen LogP contribution in [0, 0.1) is 0 Å². The van der Waals surface area contributed by atoms with E-state index >= 15 is 0 Å². The van der Waals surface area contributed by atoms with Gasteiger partial charge in [-0.3, -0.25) is 4.79 Å². The van der Waals surface area contributed by atoms with Gasteiger partial charge in [-0.25, -0.2) is 4.79 Å². The van der Waals surface area contributed by atoms with Gasteiger partial charge in [-0.15, -0.1) is 11.3 Å². The summed E-state index contributed by atoms with van der Waals surface area (Å²) in [5.74, 6) is 0.142. The van der Waals surface area contributed by atoms with Gasteiger partial charge in [0.2, 0.25) is 0 Å². The fourth-order valence-electron chi connectivity index (χ4n) is 2.01. The third-order valence-corrected chi connectivity index (χ3v) is 4.20. The second kappa shape index (κ2) is 8.35. The highest BCUT2D eigenvalue weighted by molar-refractivity contribution is 7.09. The lowest BCUT2D eigenvalue weighted by molar-refractivity contribution is -0.132. The summed E-state index contributed by atoms with van der Waals surface area (Å²) in [6.45, 7) is 0.425. The molecule has 0 bridgehead atoms. The Labute approximate surface area is 144 Å². The largest absolute Gasteiger partial charge is 0.493 e. The molecule has 0 aliphatic rings. The number of likely N-dealkylation sites (N-methyl/N-ethyl adjacent to an activating group) is 1. The first-order valence-corrected chi connectivity index (χ1v) is 8.08. The molecular weight excluding hydrogens is 330 g/mol. The molecule has 0 spiro atoms. The van der Waals surface area contributed by atoms with Crippen LogP contribution in [0.2, 0.25) is 0 Å². The van der Waals surface area contributed by atoms with E-state index in [9.17, 15) is 9.59 Å². The van der Waals surface area contributed by atoms with Crippen molar-refractivity contribution in [2.75, 3.05) is 27.9 Å². The fourth-order valence-corrected chi connectivity index (χ4v) is 2.76. The number of amides is 1. The summed E-state index contributed by atoms with van der Waals surface area (Å²) in [5, 5.41) is 1.97. The number of methoxy groups -OCH3 is 2. The second-order valence-electron chi connectivity index (χ2n) is 4.98. The molecule has 0 N–H and O–H groups in total. The number of nitrogens with zero attached hydrogens (tertiary/aromatic N) is 1. The van der Waals surface area contributed by atoms with Crippen molar-refractivity contribution in [3.05, 3.63) is 46.2 Å². The molecule has 0 aliphatic heterocycles. The number of hydrogen-bond acceptors (Lipinski definition) is 6. The van der Waals surface area contributed by atoms with Crippen molar-refractivity contribution in [1.82, 2.24) is 4.90 Å². The Morgan fingerprint density at radius 3 is 2.58 bits per heavy atom. The van der Waals surface area contributed by atoms with E-state index in [2.05, 4.69) is 4.74 Å². The van der Waals surface area contributed by atoms with E-state index in [1.165, 1.54) is 20.3 Å². The Morgan fingerprint density at radius 2 is 1.96 bits per heavy atom. The Kier molecular flexibility index (Phi) is 6.20. The van der Waals surface area contributed by atoms with E-state index in [4.69, 9.17) is 9.47 Å². The Hall–Kier alpha value is -2.54. The smallest absolute Gasteiger partial charge is 0.337 e. The Bertz CT molecular complexity index is 699. The summed E-state index contributed by atoms with van der Waals surface area (Å²) < 4.78 is 15.4. The maximum Gasteiger partial charge on any atom is 0.337 e. The van der Waals surface area contributed by atoms with Crippen molar-refractivity contribution >= 4 is 23.2 Å². The number of hydrogen-bond donors (Lipinski definition) is 0. The van der Waals surface area contributed by atoms with Crippen LogP contribution in [0.4, 0.5) is 0 Å². The highest BCUT2D eigenvalue weighted by Crippen LogP contribution is 2.28. The third-order valence-electron chi connectivity index (χ3n) is 3.33. The van der Waals surface area contributed by atoms with E-state index in [0.717, 1.165) is 4.88 Å². The summed E-state index contributed by atoms with van der Waals surface area (Å²) in [5.41, 5.74) is 0.350. The second-order valence-corrected chi connectivity index (χ2v) is 6.01. The Balaban J connectivity index is 1.97. The fraction of sp³-hybridized carbons (Fsp3) is 0.294. The number of ether oxygens (including phenoxy) is 3. The van der Waals surface area contributed by atoms with Gasteiger partial charge >= 0.3 is 5.97 Å². The van der Waals surface area contributed by atoms with Gasteiger partial charge in [0.15, 0.2) is 18.1 Å². The third kappa shape index (κ3) is 4.48. The van der Waals surface area contributed by atoms with Gasteiger partial charge in [-0.05, 0) is 29.6 Å². The van der Waals surface area contributed by atoms with Gasteiger partial charge in [0.25, 0.3) is 5.91 Å². The van der Waals surface area contributed by atoms with Crippen molar-refractivity contribution < 1.29 is 23.8 Å². The molecule has 1 amide bonds. The van der Waals surface area contributed by atoms with Crippen molar-refractivity contribution in [2.45, 2.75) is 6.54 Å². The van der Waals surface area contributed by atoms with Gasteiger partial charge in [0, 0.05) is 11.9 Å². The number of esters is 1. The van der Waals surface area contributed by atoms with Crippen LogP contribution in [-0.4, -0.2) is 44.7 Å². The summed E-state index contributed by atoms with van der Waals surface area (Å²) in [6.07, 6.45) is 0. The lowest BCUT2D eigenvalue weighted by Gasteiger charge is -2.17. The molecule has 1 heterocycles. The summed E-state index contributed by atoms with van der Waals surface area (Å²) in [7, 11) is 4.50. The van der Waals surface area contributed by atoms with E-state index in [1.54, 1.807) is 35.4 Å². The van der Waals surface area contributed by atoms with Crippen LogP contribution in [0.15, 0.2) is 35.7 Å². The first-order chi connectivity index (χ1) is 11.5. The molecule has 1 aromatic carbocycles. The predicted molar refractivity (Wildman–Crippen MR) is 90.6 cm³/mol. The summed E-state index contributed by atoms with van der Waals surface area (Å²) in [4.78, 5) is 26.4. The molecule has 0 saturated carbocycles. The molecule has 0 saturated heterocycles. The monoisotopic (exact) mass is 349 g/mol. The molecule has 0 radical (unpaired) electrons. The minimum atomic E-state index is -0.466. The van der Waals surface area contributed by atoms with Crippen LogP contribution in [0.25, 0.3) is 0 Å². The topological polar surface area (TPSA) is 65.1 Å². The van der Waals surface area contributed by atoms with Gasteiger partial charge in [0.05, 0.1) is 26.3 Å². The van der Waals surface area contributed by atoms with Gasteiger partial charge < -0.3 is 19.1 Å². The highest BCUT2D eigenvalue weighted by atomic mass is 32.1. The minimum Gasteiger partial charge on any atom is -0.493 e. The van der Waals surface area contributed by atoms with Crippen molar-refractivity contribution in [3.8, 4) is 11.5 Å². The van der Waals surface area contributed by atoms with E-state index in [1.807, 2.05) is 17.5 Å². The zero-order chi connectivity index (χ0) is 17.5. The lowest BCUT2D eigenvalue weighted by atomic mass is 10.2. The molecule has 0 atom stereocenters. The van der Waals surface area contributed by atoms with Crippen LogP contribution in [0.3, 0.4) is 0 Å². The zero-order valence-corrected chi connectivity index (χ0v) is 14.6. The van der Waals surface area contributed by atoms with Gasteiger partial charge in [0.1, 0.15) is 0 Å². The maximum atomic E-state index is 12.2. The van der Waals surface area contributed by atoms with Crippen LogP contribution >= 0.6 is 11.3 Å². The molecule has 2 rings (SSSR count). The average molecular weight is 349 g/mol. The standard InChI is InChI=1S/C17H19NO5S/c1-18(10-13-5-4-8-24-13)16(19)11-23-14-7-6-12(17(20)22-3)9-15(14)21-2/h4-9H,10-11H2,1-3H3. The quantitative estimate of drug-likeness (QED) is 0.719. The van der Waals surface area contributed by atoms with Crippen LogP contribution in [0.5, 0.6) is 11.5 Å². The van der Waals surface area contributed by atoms with E-state index in [-0.39, 0.29) is 12.5 Å². The molecule has 0 unspecified atom stereocenters. The minimum absolute atomic E-state index is 0.115. The molecule has 7 heteroatoms. The normalized spacial score (nSPS) is 10.1. The zero-order valence-electron chi connectivity index (χ0n) is 13.8. The van der Waals surface area contributed by atoms with Gasteiger partial charge in [-0.2, -0.15) is 0 Å². The summed E-state index contributed by atoms with van der Waals surface area (Å²) >= 11 is 1.60. The van der Waals surface area contributed by atoms with Crippen LogP contribution < -0.4 is 9.47 Å². The van der Waals surface area contributed by atoms with Crippen LogP contribution in [-0.2, 0) is 16.1 Å². The number of rotatable bonds is 7. The SMILES string of the molecule is COC(=O)c1ccc(OCC(=O)N(C)Cc2cccs2)c(OC)c1. The summed E-state index contributed by atoms with van der Waals surface area (Å²) in [6, 6.07) is 8.58. The molecule has 1 aromatic heterocycles. The molecule has 128 valence electrons. The van der Waals surface area contributed by atoms with Crippen molar-refractivity contribution in [1.29, 1.82) is 0 Å². The highest BCUT2D eigenvalue weighted by Gasteiger charge is 2.14. The number of carbonyl (C=O) groups is 2. The maximum absolute atomic E-state index is 12.2. The van der Waals surface area contributed by atoms with E-state index in [0.29, 0.717) is 23.6 Å². The molecule has 2 aromatic rings. The van der Waals surface area contributed by atoms with Gasteiger partial charge in [-0.1, -0.05) is 6.07 Å². The Morgan fingerprint density at radius 1 is 1.17 bits per heavy atom. The van der Waals surface area contributed by atoms with Crippen molar-refractivity contribution in [3.63, 3.8) is 0 Å². The number of carbonyl (C=O) groups excluding carboxylic acids is 2. The number of thiophene rings is 1. The molecule has 0 aliphatic carbocycles. The number of benzene rings is 1. The molecule has 24 heavy (non-hydrogen) atoms. The van der Waals surface area contributed by atoms with E-state index < -0.39 is 5.97 Å². The molecule has 0 fully saturated rings. The van der Waals surface area contributed by atoms with Crippen molar-refractivity contribution in [2.24, 2.45) is 0 Å². The molecule has 6 nitrogen and oxygen atoms in total. The predicted octanol–water partition coefficient (Wildman–Crippen LogP) is 2.58. The average Bonchev–Trinajstić information content (AvgIpc) is 3.11.